The van der Waals surface area contributed by atoms with Gasteiger partial charge in [0.2, 0.25) is 0 Å². The average Bonchev–Trinajstić information content (AvgIpc) is 3.07. The van der Waals surface area contributed by atoms with E-state index in [1.807, 2.05) is 48.5 Å². The third-order valence-corrected chi connectivity index (χ3v) is 11.8. The maximum atomic E-state index is 12.5. The predicted octanol–water partition coefficient (Wildman–Crippen LogP) is 10.8. The number of ether oxygens (including phenoxy) is 3. The van der Waals surface area contributed by atoms with Crippen molar-refractivity contribution in [3.05, 3.63) is 136 Å². The zero-order valence-electron chi connectivity index (χ0n) is 33.3. The van der Waals surface area contributed by atoms with Crippen LogP contribution in [0, 0.1) is 13.8 Å². The van der Waals surface area contributed by atoms with Crippen molar-refractivity contribution in [1.82, 2.24) is 0 Å². The highest BCUT2D eigenvalue weighted by atomic mass is 31.1. The summed E-state index contributed by atoms with van der Waals surface area (Å²) in [5.41, 5.74) is 6.74. The normalized spacial score (nSPS) is 12.2. The maximum absolute atomic E-state index is 12.5. The molecule has 0 aliphatic rings. The summed E-state index contributed by atoms with van der Waals surface area (Å²) in [5.74, 6) is 2.68. The molecule has 0 heterocycles. The Kier molecular flexibility index (Phi) is 11.5. The summed E-state index contributed by atoms with van der Waals surface area (Å²) in [6.07, 6.45) is 0. The summed E-state index contributed by atoms with van der Waals surface area (Å²) in [6, 6.07) is 33.7. The first-order valence-corrected chi connectivity index (χ1v) is 19.6. The minimum atomic E-state index is -1.49. The van der Waals surface area contributed by atoms with Crippen molar-refractivity contribution in [2.45, 2.75) is 106 Å². The van der Waals surface area contributed by atoms with E-state index in [1.165, 1.54) is 0 Å². The molecule has 0 bridgehead atoms. The molecule has 0 aliphatic heterocycles. The average molecular weight is 717 g/mol. The van der Waals surface area contributed by atoms with E-state index in [0.29, 0.717) is 19.0 Å². The van der Waals surface area contributed by atoms with Gasteiger partial charge in [-0.25, -0.2) is 0 Å². The van der Waals surface area contributed by atoms with Gasteiger partial charge in [0.1, 0.15) is 36.2 Å². The van der Waals surface area contributed by atoms with Crippen LogP contribution >= 0.6 is 7.92 Å². The number of benzene rings is 5. The van der Waals surface area contributed by atoms with Crippen molar-refractivity contribution in [1.29, 1.82) is 0 Å². The van der Waals surface area contributed by atoms with Crippen molar-refractivity contribution in [2.24, 2.45) is 0 Å². The van der Waals surface area contributed by atoms with Crippen LogP contribution in [0.5, 0.6) is 23.0 Å². The van der Waals surface area contributed by atoms with E-state index >= 15 is 0 Å². The first-order chi connectivity index (χ1) is 24.4. The van der Waals surface area contributed by atoms with Crippen LogP contribution in [0.3, 0.4) is 0 Å². The first-order valence-electron chi connectivity index (χ1n) is 18.2. The fraction of sp³-hybridized carbons (Fsp3) is 0.362. The summed E-state index contributed by atoms with van der Waals surface area (Å²) in [4.78, 5) is 0. The van der Waals surface area contributed by atoms with Crippen LogP contribution < -0.4 is 30.1 Å². The van der Waals surface area contributed by atoms with Gasteiger partial charge in [-0.1, -0.05) is 135 Å². The zero-order chi connectivity index (χ0) is 38.0. The zero-order valence-corrected chi connectivity index (χ0v) is 34.2. The number of hydrogen-bond donors (Lipinski definition) is 1. The monoisotopic (exact) mass is 716 g/mol. The fourth-order valence-corrected chi connectivity index (χ4v) is 9.37. The van der Waals surface area contributed by atoms with Crippen molar-refractivity contribution < 1.29 is 19.3 Å². The Hall–Kier alpha value is -4.27. The molecule has 0 saturated carbocycles. The Labute approximate surface area is 313 Å². The van der Waals surface area contributed by atoms with Gasteiger partial charge in [-0.2, -0.15) is 0 Å². The fourth-order valence-electron chi connectivity index (χ4n) is 6.56. The SMILES string of the molecule is COc1cc(P(c2cc(C)cc(C(C)(C)C)c2OCc2ccccc2)c2cc(C)cc(C(C)(C)C)c2OCc2ccccc2)c(O)c(C(C)(C)C)c1. The molecule has 0 spiro atoms. The second-order valence-corrected chi connectivity index (χ2v) is 19.1. The van der Waals surface area contributed by atoms with Crippen molar-refractivity contribution in [3.63, 3.8) is 0 Å². The molecule has 0 radical (unpaired) electrons. The van der Waals surface area contributed by atoms with Gasteiger partial charge >= 0.3 is 0 Å². The number of phenolic OH excluding ortho intramolecular Hbond substituents is 1. The van der Waals surface area contributed by atoms with E-state index in [0.717, 1.165) is 66.4 Å². The Morgan fingerprint density at radius 2 is 0.923 bits per heavy atom. The van der Waals surface area contributed by atoms with Crippen LogP contribution in [0.4, 0.5) is 0 Å². The summed E-state index contributed by atoms with van der Waals surface area (Å²) < 4.78 is 20.0. The first kappa shape index (κ1) is 38.9. The van der Waals surface area contributed by atoms with Gasteiger partial charge < -0.3 is 19.3 Å². The predicted molar refractivity (Wildman–Crippen MR) is 220 cm³/mol. The minimum absolute atomic E-state index is 0.226. The van der Waals surface area contributed by atoms with Crippen LogP contribution in [-0.4, -0.2) is 12.2 Å². The Balaban J connectivity index is 1.93. The van der Waals surface area contributed by atoms with Crippen molar-refractivity contribution in [2.75, 3.05) is 7.11 Å². The molecular weight excluding hydrogens is 659 g/mol. The highest BCUT2D eigenvalue weighted by molar-refractivity contribution is 7.80. The lowest BCUT2D eigenvalue weighted by Gasteiger charge is -2.33. The number of aromatic hydroxyl groups is 1. The van der Waals surface area contributed by atoms with Crippen LogP contribution in [0.15, 0.2) is 97.1 Å². The number of aryl methyl sites for hydroxylation is 2. The van der Waals surface area contributed by atoms with Crippen LogP contribution in [0.2, 0.25) is 0 Å². The molecule has 0 amide bonds. The second kappa shape index (κ2) is 15.4. The highest BCUT2D eigenvalue weighted by Gasteiger charge is 2.35. The van der Waals surface area contributed by atoms with Gasteiger partial charge in [0.15, 0.2) is 0 Å². The van der Waals surface area contributed by atoms with Gasteiger partial charge in [0.25, 0.3) is 0 Å². The largest absolute Gasteiger partial charge is 0.507 e. The molecule has 0 atom stereocenters. The number of methoxy groups -OCH3 is 1. The van der Waals surface area contributed by atoms with Gasteiger partial charge in [0, 0.05) is 32.6 Å². The molecule has 0 aromatic heterocycles. The van der Waals surface area contributed by atoms with Crippen LogP contribution in [0.1, 0.15) is 101 Å². The molecule has 0 unspecified atom stereocenters. The van der Waals surface area contributed by atoms with Gasteiger partial charge in [-0.05, 0) is 84.5 Å². The summed E-state index contributed by atoms with van der Waals surface area (Å²) >= 11 is 0. The van der Waals surface area contributed by atoms with E-state index in [-0.39, 0.29) is 22.0 Å². The molecule has 5 heteroatoms. The highest BCUT2D eigenvalue weighted by Crippen LogP contribution is 2.49. The van der Waals surface area contributed by atoms with Crippen LogP contribution in [0.25, 0.3) is 0 Å². The molecule has 1 N–H and O–H groups in total. The van der Waals surface area contributed by atoms with Gasteiger partial charge in [0.05, 0.1) is 7.11 Å². The molecule has 274 valence electrons. The standard InChI is InChI=1S/C47H57O4P/c1-31-23-37(46(6,7)8)43(50-29-33-19-15-13-16-20-33)40(25-31)52(39-28-35(49-12)27-36(42(39)48)45(3,4)5)41-26-32(2)24-38(47(9,10)11)44(41)51-30-34-21-17-14-18-22-34/h13-28,48H,29-30H2,1-12H3. The molecule has 4 nitrogen and oxygen atoms in total. The molecule has 0 fully saturated rings. The van der Waals surface area contributed by atoms with E-state index < -0.39 is 7.92 Å². The van der Waals surface area contributed by atoms with Gasteiger partial charge in [-0.15, -0.1) is 0 Å². The molecule has 0 saturated heterocycles. The minimum Gasteiger partial charge on any atom is -0.507 e. The third kappa shape index (κ3) is 8.84. The third-order valence-electron chi connectivity index (χ3n) is 9.33. The number of phenols is 1. The van der Waals surface area contributed by atoms with E-state index in [2.05, 4.69) is 125 Å². The maximum Gasteiger partial charge on any atom is 0.131 e. The summed E-state index contributed by atoms with van der Waals surface area (Å²) in [7, 11) is 0.203. The van der Waals surface area contributed by atoms with Crippen molar-refractivity contribution in [3.8, 4) is 23.0 Å². The lowest BCUT2D eigenvalue weighted by molar-refractivity contribution is 0.299. The molecule has 5 aromatic carbocycles. The molecule has 5 rings (SSSR count). The number of rotatable bonds is 10. The van der Waals surface area contributed by atoms with Crippen molar-refractivity contribution >= 4 is 23.8 Å². The summed E-state index contributed by atoms with van der Waals surface area (Å²) in [5, 5.41) is 15.4. The molecular formula is C47H57O4P. The summed E-state index contributed by atoms with van der Waals surface area (Å²) in [6.45, 7) is 25.0. The van der Waals surface area contributed by atoms with Crippen LogP contribution in [-0.2, 0) is 29.5 Å². The molecule has 0 aliphatic carbocycles. The van der Waals surface area contributed by atoms with Gasteiger partial charge in [-0.3, -0.25) is 0 Å². The quantitative estimate of drug-likeness (QED) is 0.146. The molecule has 5 aromatic rings. The number of hydrogen-bond acceptors (Lipinski definition) is 4. The topological polar surface area (TPSA) is 47.9 Å². The Morgan fingerprint density at radius 3 is 1.29 bits per heavy atom. The lowest BCUT2D eigenvalue weighted by atomic mass is 9.85. The van der Waals surface area contributed by atoms with E-state index in [4.69, 9.17) is 14.2 Å². The van der Waals surface area contributed by atoms with E-state index in [9.17, 15) is 5.11 Å². The molecule has 52 heavy (non-hydrogen) atoms. The van der Waals surface area contributed by atoms with E-state index in [1.54, 1.807) is 7.11 Å². The Morgan fingerprint density at radius 1 is 0.519 bits per heavy atom. The lowest BCUT2D eigenvalue weighted by Crippen LogP contribution is -2.29. The Bertz CT molecular complexity index is 1880. The second-order valence-electron chi connectivity index (χ2n) is 17.0. The smallest absolute Gasteiger partial charge is 0.131 e.